The number of hydrogen-bond donors (Lipinski definition) is 1. The van der Waals surface area contributed by atoms with Crippen molar-refractivity contribution in [3.05, 3.63) is 0 Å². The molecule has 0 spiro atoms. The Morgan fingerprint density at radius 1 is 1.43 bits per heavy atom. The van der Waals surface area contributed by atoms with Crippen LogP contribution in [-0.2, 0) is 4.79 Å². The Kier molecular flexibility index (Phi) is 2.21. The molecule has 2 aliphatic rings. The predicted molar refractivity (Wildman–Crippen MR) is 51.6 cm³/mol. The van der Waals surface area contributed by atoms with Crippen LogP contribution in [0.15, 0.2) is 0 Å². The van der Waals surface area contributed by atoms with Crippen LogP contribution in [0.4, 0.5) is 4.79 Å². The molecule has 3 amide bonds. The summed E-state index contributed by atoms with van der Waals surface area (Å²) in [7, 11) is 0. The lowest BCUT2D eigenvalue weighted by Gasteiger charge is -2.30. The Balaban J connectivity index is 2.22. The molecule has 2 aliphatic heterocycles. The average Bonchev–Trinajstić information content (AvgIpc) is 2.45. The minimum Gasteiger partial charge on any atom is -0.333 e. The highest BCUT2D eigenvalue weighted by Crippen LogP contribution is 2.28. The molecule has 2 heterocycles. The Hall–Kier alpha value is -1.06. The smallest absolute Gasteiger partial charge is 0.324 e. The minimum absolute atomic E-state index is 0.0121. The van der Waals surface area contributed by atoms with Gasteiger partial charge in [0, 0.05) is 6.42 Å². The Morgan fingerprint density at radius 3 is 2.79 bits per heavy atom. The molecule has 0 radical (unpaired) electrons. The summed E-state index contributed by atoms with van der Waals surface area (Å²) in [5, 5.41) is 2.89. The normalized spacial score (nSPS) is 32.1. The first-order chi connectivity index (χ1) is 6.61. The number of imide groups is 1. The van der Waals surface area contributed by atoms with Gasteiger partial charge < -0.3 is 5.32 Å². The van der Waals surface area contributed by atoms with Gasteiger partial charge in [-0.3, -0.25) is 9.69 Å². The first-order valence-electron chi connectivity index (χ1n) is 5.24. The second-order valence-corrected chi connectivity index (χ2v) is 4.44. The fourth-order valence-corrected chi connectivity index (χ4v) is 2.42. The monoisotopic (exact) mass is 196 g/mol. The highest BCUT2D eigenvalue weighted by Gasteiger charge is 2.45. The molecule has 0 aromatic heterocycles. The maximum atomic E-state index is 11.5. The second-order valence-electron chi connectivity index (χ2n) is 4.44. The molecular formula is C10H16N2O2. The average molecular weight is 196 g/mol. The summed E-state index contributed by atoms with van der Waals surface area (Å²) in [5.74, 6) is 0.377. The van der Waals surface area contributed by atoms with Crippen molar-refractivity contribution in [2.75, 3.05) is 0 Å². The molecule has 2 saturated heterocycles. The number of nitrogens with zero attached hydrogens (tertiary/aromatic N) is 1. The van der Waals surface area contributed by atoms with Crippen LogP contribution in [0, 0.1) is 5.92 Å². The Bertz CT molecular complexity index is 275. The van der Waals surface area contributed by atoms with E-state index in [1.165, 1.54) is 4.90 Å². The molecule has 0 aliphatic carbocycles. The SMILES string of the molecule is CC(C)[C@@H]1NC(=O)N2C(=O)CCC[C@H]12. The number of carbonyl (C=O) groups is 2. The summed E-state index contributed by atoms with van der Waals surface area (Å²) >= 11 is 0. The largest absolute Gasteiger partial charge is 0.333 e. The lowest BCUT2D eigenvalue weighted by atomic mass is 9.91. The molecule has 2 fully saturated rings. The number of carbonyl (C=O) groups excluding carboxylic acids is 2. The van der Waals surface area contributed by atoms with E-state index in [2.05, 4.69) is 19.2 Å². The Labute approximate surface area is 83.6 Å². The number of hydrogen-bond acceptors (Lipinski definition) is 2. The van der Waals surface area contributed by atoms with Gasteiger partial charge in [0.05, 0.1) is 12.1 Å². The van der Waals surface area contributed by atoms with Gasteiger partial charge in [0.15, 0.2) is 0 Å². The van der Waals surface area contributed by atoms with Gasteiger partial charge in [-0.2, -0.15) is 0 Å². The number of urea groups is 1. The van der Waals surface area contributed by atoms with Crippen molar-refractivity contribution in [2.24, 2.45) is 5.92 Å². The van der Waals surface area contributed by atoms with E-state index in [4.69, 9.17) is 0 Å². The maximum absolute atomic E-state index is 11.5. The van der Waals surface area contributed by atoms with Gasteiger partial charge in [0.2, 0.25) is 5.91 Å². The van der Waals surface area contributed by atoms with Crippen molar-refractivity contribution in [1.82, 2.24) is 10.2 Å². The summed E-state index contributed by atoms with van der Waals surface area (Å²) in [5.41, 5.74) is 0. The van der Waals surface area contributed by atoms with Crippen molar-refractivity contribution in [2.45, 2.75) is 45.2 Å². The number of fused-ring (bicyclic) bond motifs is 1. The van der Waals surface area contributed by atoms with Gasteiger partial charge in [-0.25, -0.2) is 4.79 Å². The maximum Gasteiger partial charge on any atom is 0.324 e. The summed E-state index contributed by atoms with van der Waals surface area (Å²) in [6.45, 7) is 4.15. The molecular weight excluding hydrogens is 180 g/mol. The van der Waals surface area contributed by atoms with Crippen molar-refractivity contribution in [3.63, 3.8) is 0 Å². The second kappa shape index (κ2) is 3.26. The molecule has 1 N–H and O–H groups in total. The van der Waals surface area contributed by atoms with E-state index in [1.807, 2.05) is 0 Å². The number of rotatable bonds is 1. The summed E-state index contributed by atoms with van der Waals surface area (Å²) in [6.07, 6.45) is 2.39. The minimum atomic E-state index is -0.196. The molecule has 4 nitrogen and oxygen atoms in total. The van der Waals surface area contributed by atoms with Gasteiger partial charge in [0.1, 0.15) is 0 Å². The van der Waals surface area contributed by atoms with Crippen LogP contribution in [0.2, 0.25) is 0 Å². The summed E-state index contributed by atoms with van der Waals surface area (Å²) < 4.78 is 0. The van der Waals surface area contributed by atoms with Crippen molar-refractivity contribution < 1.29 is 9.59 Å². The van der Waals surface area contributed by atoms with E-state index in [0.717, 1.165) is 12.8 Å². The third-order valence-corrected chi connectivity index (χ3v) is 3.13. The van der Waals surface area contributed by atoms with Crippen LogP contribution in [0.1, 0.15) is 33.1 Å². The zero-order chi connectivity index (χ0) is 10.3. The number of nitrogens with one attached hydrogen (secondary N) is 1. The van der Waals surface area contributed by atoms with Crippen LogP contribution in [0.5, 0.6) is 0 Å². The van der Waals surface area contributed by atoms with Crippen LogP contribution >= 0.6 is 0 Å². The molecule has 4 heteroatoms. The molecule has 78 valence electrons. The molecule has 2 atom stereocenters. The van der Waals surface area contributed by atoms with Gasteiger partial charge in [-0.05, 0) is 18.8 Å². The van der Waals surface area contributed by atoms with E-state index in [-0.39, 0.29) is 24.0 Å². The van der Waals surface area contributed by atoms with Gasteiger partial charge >= 0.3 is 6.03 Å². The predicted octanol–water partition coefficient (Wildman–Crippen LogP) is 1.12. The number of amides is 3. The topological polar surface area (TPSA) is 49.4 Å². The van der Waals surface area contributed by atoms with Crippen molar-refractivity contribution >= 4 is 11.9 Å². The highest BCUT2D eigenvalue weighted by atomic mass is 16.2. The van der Waals surface area contributed by atoms with Crippen LogP contribution in [0.25, 0.3) is 0 Å². The van der Waals surface area contributed by atoms with Crippen LogP contribution in [0.3, 0.4) is 0 Å². The molecule has 0 unspecified atom stereocenters. The molecule has 14 heavy (non-hydrogen) atoms. The Morgan fingerprint density at radius 2 is 2.14 bits per heavy atom. The van der Waals surface area contributed by atoms with Gasteiger partial charge in [-0.1, -0.05) is 13.8 Å². The van der Waals surface area contributed by atoms with E-state index >= 15 is 0 Å². The first-order valence-corrected chi connectivity index (χ1v) is 5.24. The molecule has 0 aromatic rings. The van der Waals surface area contributed by atoms with E-state index < -0.39 is 0 Å². The third-order valence-electron chi connectivity index (χ3n) is 3.13. The van der Waals surface area contributed by atoms with Crippen LogP contribution in [-0.4, -0.2) is 28.9 Å². The standard InChI is InChI=1S/C10H16N2O2/c1-6(2)9-7-4-3-5-8(13)12(7)10(14)11-9/h6-7,9H,3-5H2,1-2H3,(H,11,14)/t7-,9+/m1/s1. The van der Waals surface area contributed by atoms with E-state index in [9.17, 15) is 9.59 Å². The molecule has 2 rings (SSSR count). The van der Waals surface area contributed by atoms with E-state index in [1.54, 1.807) is 0 Å². The quantitative estimate of drug-likeness (QED) is 0.683. The van der Waals surface area contributed by atoms with E-state index in [0.29, 0.717) is 12.3 Å². The fraction of sp³-hybridized carbons (Fsp3) is 0.800. The summed E-state index contributed by atoms with van der Waals surface area (Å²) in [6, 6.07) is 0.0499. The van der Waals surface area contributed by atoms with Gasteiger partial charge in [-0.15, -0.1) is 0 Å². The fourth-order valence-electron chi connectivity index (χ4n) is 2.42. The zero-order valence-corrected chi connectivity index (χ0v) is 8.62. The number of piperidine rings is 1. The first kappa shape index (κ1) is 9.49. The molecule has 0 aromatic carbocycles. The summed E-state index contributed by atoms with van der Waals surface area (Å²) in [4.78, 5) is 24.5. The molecule has 0 bridgehead atoms. The zero-order valence-electron chi connectivity index (χ0n) is 8.62. The van der Waals surface area contributed by atoms with Crippen molar-refractivity contribution in [3.8, 4) is 0 Å². The molecule has 0 saturated carbocycles. The third kappa shape index (κ3) is 1.29. The van der Waals surface area contributed by atoms with Gasteiger partial charge in [0.25, 0.3) is 0 Å². The van der Waals surface area contributed by atoms with Crippen LogP contribution < -0.4 is 5.32 Å². The highest BCUT2D eigenvalue weighted by molar-refractivity contribution is 5.97. The lowest BCUT2D eigenvalue weighted by Crippen LogP contribution is -2.45. The van der Waals surface area contributed by atoms with Crippen molar-refractivity contribution in [1.29, 1.82) is 0 Å². The lowest BCUT2D eigenvalue weighted by molar-refractivity contribution is -0.131.